The lowest BCUT2D eigenvalue weighted by Gasteiger charge is -2.27. The van der Waals surface area contributed by atoms with Crippen LogP contribution in [-0.2, 0) is 0 Å². The van der Waals surface area contributed by atoms with E-state index in [2.05, 4.69) is 21.8 Å². The summed E-state index contributed by atoms with van der Waals surface area (Å²) < 4.78 is 0. The molecule has 1 saturated heterocycles. The molecule has 1 unspecified atom stereocenters. The number of nitrogens with one attached hydrogen (secondary N) is 1. The highest BCUT2D eigenvalue weighted by Crippen LogP contribution is 2.18. The van der Waals surface area contributed by atoms with Crippen molar-refractivity contribution in [1.82, 2.24) is 19.8 Å². The van der Waals surface area contributed by atoms with Crippen LogP contribution in [-0.4, -0.2) is 69.5 Å². The Bertz CT molecular complexity index is 500. The largest absolute Gasteiger partial charge is 0.477 e. The van der Waals surface area contributed by atoms with Crippen molar-refractivity contribution in [2.75, 3.05) is 26.7 Å². The minimum absolute atomic E-state index is 0.0268. The fraction of sp³-hybridized carbons (Fsp3) is 0.615. The van der Waals surface area contributed by atoms with Gasteiger partial charge in [0.1, 0.15) is 0 Å². The second-order valence-electron chi connectivity index (χ2n) is 5.04. The van der Waals surface area contributed by atoms with E-state index in [-0.39, 0.29) is 17.3 Å². The maximum Gasteiger partial charge on any atom is 0.354 e. The number of amides is 1. The number of likely N-dealkylation sites (N-methyl/N-ethyl adjacent to an activating group) is 2. The van der Waals surface area contributed by atoms with E-state index in [1.807, 2.05) is 0 Å². The van der Waals surface area contributed by atoms with Crippen molar-refractivity contribution in [2.24, 2.45) is 0 Å². The Labute approximate surface area is 117 Å². The molecule has 0 spiro atoms. The van der Waals surface area contributed by atoms with E-state index in [9.17, 15) is 9.59 Å². The maximum atomic E-state index is 12.3. The quantitative estimate of drug-likeness (QED) is 0.827. The number of aromatic nitrogens is 2. The Hall–Kier alpha value is -1.89. The number of rotatable bonds is 5. The Morgan fingerprint density at radius 2 is 2.35 bits per heavy atom. The first-order valence-corrected chi connectivity index (χ1v) is 6.80. The number of aromatic amines is 1. The van der Waals surface area contributed by atoms with Crippen molar-refractivity contribution < 1.29 is 14.7 Å². The summed E-state index contributed by atoms with van der Waals surface area (Å²) in [5.41, 5.74) is -0.179. The molecule has 1 aromatic heterocycles. The third kappa shape index (κ3) is 2.82. The average Bonchev–Trinajstić information content (AvgIpc) is 3.05. The van der Waals surface area contributed by atoms with Gasteiger partial charge < -0.3 is 15.0 Å². The molecule has 0 radical (unpaired) electrons. The minimum atomic E-state index is -1.17. The van der Waals surface area contributed by atoms with Crippen LogP contribution in [0.4, 0.5) is 0 Å². The molecule has 1 fully saturated rings. The van der Waals surface area contributed by atoms with E-state index < -0.39 is 5.97 Å². The van der Waals surface area contributed by atoms with Gasteiger partial charge in [-0.3, -0.25) is 9.69 Å². The summed E-state index contributed by atoms with van der Waals surface area (Å²) in [5.74, 6) is -1.53. The van der Waals surface area contributed by atoms with Crippen molar-refractivity contribution in [2.45, 2.75) is 25.8 Å². The van der Waals surface area contributed by atoms with Crippen molar-refractivity contribution in [3.8, 4) is 0 Å². The molecule has 7 heteroatoms. The second kappa shape index (κ2) is 6.04. The monoisotopic (exact) mass is 280 g/mol. The summed E-state index contributed by atoms with van der Waals surface area (Å²) in [7, 11) is 1.69. The Morgan fingerprint density at radius 3 is 3.00 bits per heavy atom. The zero-order valence-corrected chi connectivity index (χ0v) is 11.8. The van der Waals surface area contributed by atoms with E-state index in [0.717, 1.165) is 25.9 Å². The number of carboxylic acids is 1. The number of likely N-dealkylation sites (tertiary alicyclic amines) is 1. The fourth-order valence-corrected chi connectivity index (χ4v) is 2.72. The van der Waals surface area contributed by atoms with Crippen LogP contribution in [0.3, 0.4) is 0 Å². The van der Waals surface area contributed by atoms with Gasteiger partial charge in [-0.05, 0) is 25.9 Å². The van der Waals surface area contributed by atoms with Crippen LogP contribution in [0, 0.1) is 0 Å². The van der Waals surface area contributed by atoms with Gasteiger partial charge >= 0.3 is 5.97 Å². The van der Waals surface area contributed by atoms with Gasteiger partial charge in [0.15, 0.2) is 11.4 Å². The van der Waals surface area contributed by atoms with Crippen LogP contribution >= 0.6 is 0 Å². The van der Waals surface area contributed by atoms with Crippen LogP contribution in [0.1, 0.15) is 40.7 Å². The van der Waals surface area contributed by atoms with Gasteiger partial charge in [-0.25, -0.2) is 9.78 Å². The van der Waals surface area contributed by atoms with Crippen LogP contribution in [0.15, 0.2) is 6.33 Å². The number of nitrogens with zero attached hydrogens (tertiary/aromatic N) is 3. The minimum Gasteiger partial charge on any atom is -0.477 e. The van der Waals surface area contributed by atoms with Crippen molar-refractivity contribution >= 4 is 11.9 Å². The fourth-order valence-electron chi connectivity index (χ4n) is 2.72. The van der Waals surface area contributed by atoms with E-state index in [0.29, 0.717) is 12.6 Å². The zero-order chi connectivity index (χ0) is 14.7. The summed E-state index contributed by atoms with van der Waals surface area (Å²) in [5, 5.41) is 9.00. The molecule has 7 nitrogen and oxygen atoms in total. The van der Waals surface area contributed by atoms with Crippen molar-refractivity contribution in [3.05, 3.63) is 17.7 Å². The molecule has 0 bridgehead atoms. The van der Waals surface area contributed by atoms with Crippen LogP contribution in [0.5, 0.6) is 0 Å². The Balaban J connectivity index is 2.05. The number of H-pyrrole nitrogens is 1. The molecule has 110 valence electrons. The molecule has 1 atom stereocenters. The molecular weight excluding hydrogens is 260 g/mol. The van der Waals surface area contributed by atoms with E-state index >= 15 is 0 Å². The predicted molar refractivity (Wildman–Crippen MR) is 72.8 cm³/mol. The van der Waals surface area contributed by atoms with Crippen molar-refractivity contribution in [3.63, 3.8) is 0 Å². The van der Waals surface area contributed by atoms with Gasteiger partial charge in [0, 0.05) is 19.6 Å². The van der Waals surface area contributed by atoms with Gasteiger partial charge in [0.05, 0.1) is 6.33 Å². The van der Waals surface area contributed by atoms with Crippen molar-refractivity contribution in [1.29, 1.82) is 0 Å². The number of hydrogen-bond donors (Lipinski definition) is 2. The average molecular weight is 280 g/mol. The van der Waals surface area contributed by atoms with Crippen LogP contribution in [0.2, 0.25) is 0 Å². The van der Waals surface area contributed by atoms with Gasteiger partial charge in [0.2, 0.25) is 0 Å². The summed E-state index contributed by atoms with van der Waals surface area (Å²) in [6, 6.07) is 0.348. The molecule has 0 aromatic carbocycles. The number of carbonyl (C=O) groups is 2. The van der Waals surface area contributed by atoms with Gasteiger partial charge in [-0.15, -0.1) is 0 Å². The Morgan fingerprint density at radius 1 is 1.60 bits per heavy atom. The molecule has 0 saturated carbocycles. The number of imidazole rings is 1. The number of carboxylic acid groups (broad SMARTS) is 1. The lowest BCUT2D eigenvalue weighted by Crippen LogP contribution is -2.41. The first-order chi connectivity index (χ1) is 9.54. The first kappa shape index (κ1) is 14.5. The predicted octanol–water partition coefficient (Wildman–Crippen LogP) is 0.664. The van der Waals surface area contributed by atoms with Crippen LogP contribution < -0.4 is 0 Å². The zero-order valence-electron chi connectivity index (χ0n) is 11.8. The molecule has 2 heterocycles. The Kier molecular flexibility index (Phi) is 4.39. The topological polar surface area (TPSA) is 89.5 Å². The standard InChI is InChI=1S/C13H20N4O3/c1-3-17-6-4-5-9(17)7-16(2)12(18)10-11(13(19)20)15-8-14-10/h8-9H,3-7H2,1-2H3,(H,14,15)(H,19,20). The maximum absolute atomic E-state index is 12.3. The summed E-state index contributed by atoms with van der Waals surface area (Å²) in [4.78, 5) is 33.5. The summed E-state index contributed by atoms with van der Waals surface area (Å²) in [6.07, 6.45) is 3.44. The molecular formula is C13H20N4O3. The molecule has 0 aliphatic carbocycles. The van der Waals surface area contributed by atoms with Crippen LogP contribution in [0.25, 0.3) is 0 Å². The van der Waals surface area contributed by atoms with E-state index in [1.165, 1.54) is 6.33 Å². The normalized spacial score (nSPS) is 19.2. The molecule has 1 aromatic rings. The van der Waals surface area contributed by atoms with Gasteiger partial charge in [0.25, 0.3) is 5.91 Å². The highest BCUT2D eigenvalue weighted by molar-refractivity contribution is 6.02. The van der Waals surface area contributed by atoms with Gasteiger partial charge in [-0.2, -0.15) is 0 Å². The number of hydrogen-bond acceptors (Lipinski definition) is 4. The van der Waals surface area contributed by atoms with E-state index in [4.69, 9.17) is 5.11 Å². The number of aromatic carboxylic acids is 1. The molecule has 1 amide bonds. The highest BCUT2D eigenvalue weighted by Gasteiger charge is 2.28. The molecule has 1 aliphatic rings. The SMILES string of the molecule is CCN1CCCC1CN(C)C(=O)c1nc[nH]c1C(=O)O. The molecule has 20 heavy (non-hydrogen) atoms. The molecule has 1 aliphatic heterocycles. The lowest BCUT2D eigenvalue weighted by molar-refractivity contribution is 0.0669. The second-order valence-corrected chi connectivity index (χ2v) is 5.04. The summed E-state index contributed by atoms with van der Waals surface area (Å²) in [6.45, 7) is 4.73. The third-order valence-corrected chi connectivity index (χ3v) is 3.79. The highest BCUT2D eigenvalue weighted by atomic mass is 16.4. The third-order valence-electron chi connectivity index (χ3n) is 3.79. The lowest BCUT2D eigenvalue weighted by atomic mass is 10.2. The molecule has 2 rings (SSSR count). The van der Waals surface area contributed by atoms with Gasteiger partial charge in [-0.1, -0.05) is 6.92 Å². The number of carbonyl (C=O) groups excluding carboxylic acids is 1. The first-order valence-electron chi connectivity index (χ1n) is 6.80. The molecule has 2 N–H and O–H groups in total. The summed E-state index contributed by atoms with van der Waals surface area (Å²) >= 11 is 0. The van der Waals surface area contributed by atoms with E-state index in [1.54, 1.807) is 11.9 Å². The smallest absolute Gasteiger partial charge is 0.354 e.